The van der Waals surface area contributed by atoms with Gasteiger partial charge in [0, 0.05) is 59.1 Å². The fourth-order valence-electron chi connectivity index (χ4n) is 2.80. The summed E-state index contributed by atoms with van der Waals surface area (Å²) in [6.07, 6.45) is 6.18. The van der Waals surface area contributed by atoms with Gasteiger partial charge in [0.1, 0.15) is 0 Å². The molecule has 0 radical (unpaired) electrons. The number of carbonyl (C=O) groups is 1. The van der Waals surface area contributed by atoms with E-state index in [-0.39, 0.29) is 5.91 Å². The van der Waals surface area contributed by atoms with Crippen LogP contribution in [0.1, 0.15) is 12.5 Å². The highest BCUT2D eigenvalue weighted by Crippen LogP contribution is 2.15. The molecule has 132 valence electrons. The molecule has 1 aliphatic heterocycles. The highest BCUT2D eigenvalue weighted by molar-refractivity contribution is 5.73. The van der Waals surface area contributed by atoms with E-state index in [1.54, 1.807) is 25.5 Å². The summed E-state index contributed by atoms with van der Waals surface area (Å²) in [7, 11) is 1.97. The lowest BCUT2D eigenvalue weighted by molar-refractivity contribution is -0.129. The average molecular weight is 341 g/mol. The standard InChI is InChI=1S/C17H23N7O/c1-14(25)23-9-11-24(12-10-23)16-13-19-21-17(20-16)22(2)8-5-15-3-6-18-7-4-15/h3-4,6-7,13H,5,8-12H2,1-2H3. The second kappa shape index (κ2) is 7.87. The second-order valence-electron chi connectivity index (χ2n) is 6.13. The van der Waals surface area contributed by atoms with Crippen molar-refractivity contribution in [3.05, 3.63) is 36.3 Å². The molecule has 1 amide bonds. The van der Waals surface area contributed by atoms with Crippen LogP contribution in [0, 0.1) is 0 Å². The Hall–Kier alpha value is -2.77. The van der Waals surface area contributed by atoms with Gasteiger partial charge < -0.3 is 14.7 Å². The summed E-state index contributed by atoms with van der Waals surface area (Å²) in [5.41, 5.74) is 1.23. The van der Waals surface area contributed by atoms with Crippen molar-refractivity contribution in [1.82, 2.24) is 25.1 Å². The van der Waals surface area contributed by atoms with Crippen LogP contribution in [0.5, 0.6) is 0 Å². The zero-order valence-corrected chi connectivity index (χ0v) is 14.7. The number of hydrogen-bond donors (Lipinski definition) is 0. The van der Waals surface area contributed by atoms with E-state index in [1.807, 2.05) is 29.0 Å². The number of amides is 1. The average Bonchev–Trinajstić information content (AvgIpc) is 2.67. The number of carbonyl (C=O) groups excluding carboxylic acids is 1. The van der Waals surface area contributed by atoms with E-state index in [9.17, 15) is 4.79 Å². The minimum Gasteiger partial charge on any atom is -0.352 e. The summed E-state index contributed by atoms with van der Waals surface area (Å²) < 4.78 is 0. The third-order valence-corrected chi connectivity index (χ3v) is 4.41. The van der Waals surface area contributed by atoms with Crippen LogP contribution < -0.4 is 9.80 Å². The molecule has 0 bridgehead atoms. The molecule has 8 heteroatoms. The minimum absolute atomic E-state index is 0.122. The Kier molecular flexibility index (Phi) is 5.37. The smallest absolute Gasteiger partial charge is 0.247 e. The maximum absolute atomic E-state index is 11.4. The fraction of sp³-hybridized carbons (Fsp3) is 0.471. The summed E-state index contributed by atoms with van der Waals surface area (Å²) >= 11 is 0. The molecule has 0 spiro atoms. The lowest BCUT2D eigenvalue weighted by atomic mass is 10.2. The monoisotopic (exact) mass is 341 g/mol. The van der Waals surface area contributed by atoms with Gasteiger partial charge in [-0.15, -0.1) is 5.10 Å². The number of aromatic nitrogens is 4. The first-order chi connectivity index (χ1) is 12.1. The second-order valence-corrected chi connectivity index (χ2v) is 6.13. The van der Waals surface area contributed by atoms with Gasteiger partial charge in [-0.1, -0.05) is 0 Å². The number of rotatable bonds is 5. The quantitative estimate of drug-likeness (QED) is 0.788. The van der Waals surface area contributed by atoms with E-state index in [2.05, 4.69) is 25.1 Å². The lowest BCUT2D eigenvalue weighted by Crippen LogP contribution is -2.48. The molecule has 25 heavy (non-hydrogen) atoms. The highest BCUT2D eigenvalue weighted by Gasteiger charge is 2.20. The van der Waals surface area contributed by atoms with Crippen molar-refractivity contribution in [1.29, 1.82) is 0 Å². The molecule has 3 heterocycles. The normalized spacial score (nSPS) is 14.5. The first-order valence-corrected chi connectivity index (χ1v) is 8.43. The van der Waals surface area contributed by atoms with Gasteiger partial charge >= 0.3 is 0 Å². The van der Waals surface area contributed by atoms with Gasteiger partial charge in [0.15, 0.2) is 5.82 Å². The number of hydrogen-bond acceptors (Lipinski definition) is 7. The van der Waals surface area contributed by atoms with Gasteiger partial charge in [0.25, 0.3) is 0 Å². The fourth-order valence-corrected chi connectivity index (χ4v) is 2.80. The molecule has 0 unspecified atom stereocenters. The van der Waals surface area contributed by atoms with E-state index in [1.165, 1.54) is 5.56 Å². The van der Waals surface area contributed by atoms with Gasteiger partial charge in [-0.3, -0.25) is 9.78 Å². The molecule has 0 aromatic carbocycles. The van der Waals surface area contributed by atoms with Crippen LogP contribution in [-0.2, 0) is 11.2 Å². The number of piperazine rings is 1. The Balaban J connectivity index is 1.60. The zero-order valence-electron chi connectivity index (χ0n) is 14.7. The molecular formula is C17H23N7O. The number of likely N-dealkylation sites (N-methyl/N-ethyl adjacent to an activating group) is 1. The van der Waals surface area contributed by atoms with Gasteiger partial charge in [-0.2, -0.15) is 10.1 Å². The van der Waals surface area contributed by atoms with E-state index >= 15 is 0 Å². The predicted octanol–water partition coefficient (Wildman–Crippen LogP) is 0.614. The highest BCUT2D eigenvalue weighted by atomic mass is 16.2. The topological polar surface area (TPSA) is 78.4 Å². The van der Waals surface area contributed by atoms with Crippen LogP contribution in [0.4, 0.5) is 11.8 Å². The van der Waals surface area contributed by atoms with Gasteiger partial charge in [0.2, 0.25) is 11.9 Å². The summed E-state index contributed by atoms with van der Waals surface area (Å²) in [5, 5.41) is 8.25. The molecule has 3 rings (SSSR count). The van der Waals surface area contributed by atoms with Crippen molar-refractivity contribution in [2.45, 2.75) is 13.3 Å². The Labute approximate surface area is 147 Å². The van der Waals surface area contributed by atoms with Gasteiger partial charge in [-0.25, -0.2) is 0 Å². The lowest BCUT2D eigenvalue weighted by Gasteiger charge is -2.34. The Morgan fingerprint density at radius 3 is 2.60 bits per heavy atom. The maximum Gasteiger partial charge on any atom is 0.247 e. The molecule has 0 N–H and O–H groups in total. The molecule has 2 aromatic rings. The Morgan fingerprint density at radius 1 is 1.20 bits per heavy atom. The first-order valence-electron chi connectivity index (χ1n) is 8.43. The number of pyridine rings is 1. The van der Waals surface area contributed by atoms with Gasteiger partial charge in [-0.05, 0) is 24.1 Å². The van der Waals surface area contributed by atoms with Crippen molar-refractivity contribution < 1.29 is 4.79 Å². The third-order valence-electron chi connectivity index (χ3n) is 4.41. The number of anilines is 2. The molecule has 0 atom stereocenters. The van der Waals surface area contributed by atoms with Crippen LogP contribution in [0.3, 0.4) is 0 Å². The molecule has 1 aliphatic rings. The minimum atomic E-state index is 0.122. The van der Waals surface area contributed by atoms with Crippen molar-refractivity contribution in [3.8, 4) is 0 Å². The Morgan fingerprint density at radius 2 is 1.92 bits per heavy atom. The Bertz CT molecular complexity index is 701. The molecular weight excluding hydrogens is 318 g/mol. The summed E-state index contributed by atoms with van der Waals surface area (Å²) in [5.74, 6) is 1.54. The van der Waals surface area contributed by atoms with E-state index in [0.29, 0.717) is 19.0 Å². The molecule has 1 saturated heterocycles. The summed E-state index contributed by atoms with van der Waals surface area (Å²) in [6.45, 7) is 5.36. The molecule has 8 nitrogen and oxygen atoms in total. The summed E-state index contributed by atoms with van der Waals surface area (Å²) in [4.78, 5) is 26.1. The van der Waals surface area contributed by atoms with Crippen LogP contribution >= 0.6 is 0 Å². The van der Waals surface area contributed by atoms with Crippen LogP contribution in [-0.4, -0.2) is 70.7 Å². The SMILES string of the molecule is CC(=O)N1CCN(c2cnnc(N(C)CCc3ccncc3)n2)CC1. The molecule has 0 saturated carbocycles. The predicted molar refractivity (Wildman–Crippen MR) is 95.5 cm³/mol. The molecule has 0 aliphatic carbocycles. The van der Waals surface area contributed by atoms with E-state index in [4.69, 9.17) is 0 Å². The first kappa shape index (κ1) is 17.1. The van der Waals surface area contributed by atoms with Crippen molar-refractivity contribution in [2.75, 3.05) is 49.6 Å². The van der Waals surface area contributed by atoms with Crippen molar-refractivity contribution in [2.24, 2.45) is 0 Å². The summed E-state index contributed by atoms with van der Waals surface area (Å²) in [6, 6.07) is 4.02. The largest absolute Gasteiger partial charge is 0.352 e. The van der Waals surface area contributed by atoms with Crippen molar-refractivity contribution >= 4 is 17.7 Å². The maximum atomic E-state index is 11.4. The van der Waals surface area contributed by atoms with E-state index < -0.39 is 0 Å². The van der Waals surface area contributed by atoms with Crippen LogP contribution in [0.15, 0.2) is 30.7 Å². The van der Waals surface area contributed by atoms with Gasteiger partial charge in [0.05, 0.1) is 6.20 Å². The number of nitrogens with zero attached hydrogens (tertiary/aromatic N) is 7. The van der Waals surface area contributed by atoms with Crippen LogP contribution in [0.2, 0.25) is 0 Å². The van der Waals surface area contributed by atoms with E-state index in [0.717, 1.165) is 31.9 Å². The van der Waals surface area contributed by atoms with Crippen molar-refractivity contribution in [3.63, 3.8) is 0 Å². The third kappa shape index (κ3) is 4.40. The molecule has 2 aromatic heterocycles. The van der Waals surface area contributed by atoms with Crippen LogP contribution in [0.25, 0.3) is 0 Å². The zero-order chi connectivity index (χ0) is 17.6. The molecule has 1 fully saturated rings.